The van der Waals surface area contributed by atoms with Gasteiger partial charge in [-0.1, -0.05) is 19.1 Å². The second kappa shape index (κ2) is 6.88. The first-order valence-corrected chi connectivity index (χ1v) is 7.75. The van der Waals surface area contributed by atoms with Gasteiger partial charge in [0.05, 0.1) is 22.4 Å². The Morgan fingerprint density at radius 2 is 1.79 bits per heavy atom. The van der Waals surface area contributed by atoms with Crippen molar-refractivity contribution in [1.82, 2.24) is 0 Å². The van der Waals surface area contributed by atoms with Crippen molar-refractivity contribution < 1.29 is 17.9 Å². The Kier molecular flexibility index (Phi) is 5.78. The summed E-state index contributed by atoms with van der Waals surface area (Å²) in [6.07, 6.45) is -0.447. The number of methoxy groups -OCH3 is 2. The lowest BCUT2D eigenvalue weighted by Gasteiger charge is -2.24. The number of hydrogen-bond donors (Lipinski definition) is 1. The predicted molar refractivity (Wildman–Crippen MR) is 75.1 cm³/mol. The van der Waals surface area contributed by atoms with Crippen LogP contribution < -0.4 is 5.32 Å². The normalized spacial score (nSPS) is 13.5. The number of nitrogens with one attached hydrogen (secondary N) is 1. The third-order valence-electron chi connectivity index (χ3n) is 2.86. The first-order chi connectivity index (χ1) is 8.96. The highest BCUT2D eigenvalue weighted by atomic mass is 32.2. The number of rotatable bonds is 7. The van der Waals surface area contributed by atoms with Crippen LogP contribution in [-0.4, -0.2) is 40.7 Å². The lowest BCUT2D eigenvalue weighted by atomic mass is 10.2. The molecule has 0 saturated heterocycles. The Balaban J connectivity index is 3.03. The Labute approximate surface area is 114 Å². The van der Waals surface area contributed by atoms with Crippen molar-refractivity contribution in [2.24, 2.45) is 0 Å². The van der Waals surface area contributed by atoms with E-state index < -0.39 is 16.1 Å². The van der Waals surface area contributed by atoms with E-state index in [0.29, 0.717) is 10.6 Å². The second-order valence-electron chi connectivity index (χ2n) is 4.17. The largest absolute Gasteiger partial charge is 0.376 e. The number of hydrogen-bond acceptors (Lipinski definition) is 5. The molecule has 0 radical (unpaired) electrons. The monoisotopic (exact) mass is 287 g/mol. The minimum atomic E-state index is -3.26. The van der Waals surface area contributed by atoms with Crippen LogP contribution in [0.2, 0.25) is 0 Å². The van der Waals surface area contributed by atoms with Crippen LogP contribution >= 0.6 is 0 Å². The summed E-state index contributed by atoms with van der Waals surface area (Å²) in [7, 11) is -0.172. The summed E-state index contributed by atoms with van der Waals surface area (Å²) < 4.78 is 34.3. The summed E-state index contributed by atoms with van der Waals surface area (Å²) in [4.78, 5) is 0.301. The summed E-state index contributed by atoms with van der Waals surface area (Å²) in [5.74, 6) is 0.0675. The van der Waals surface area contributed by atoms with Crippen molar-refractivity contribution in [3.63, 3.8) is 0 Å². The van der Waals surface area contributed by atoms with Crippen molar-refractivity contribution in [2.45, 2.75) is 31.1 Å². The van der Waals surface area contributed by atoms with Gasteiger partial charge in [-0.2, -0.15) is 0 Å². The average molecular weight is 287 g/mol. The fraction of sp³-hybridized carbons (Fsp3) is 0.538. The highest BCUT2D eigenvalue weighted by Gasteiger charge is 2.20. The molecule has 1 aromatic rings. The maximum atomic E-state index is 12.0. The molecule has 1 N–H and O–H groups in total. The second-order valence-corrected chi connectivity index (χ2v) is 6.42. The molecule has 0 saturated carbocycles. The Morgan fingerprint density at radius 3 is 2.32 bits per heavy atom. The molecule has 0 spiro atoms. The number of benzene rings is 1. The van der Waals surface area contributed by atoms with E-state index in [1.54, 1.807) is 45.4 Å². The van der Waals surface area contributed by atoms with Crippen LogP contribution in [-0.2, 0) is 19.3 Å². The molecule has 1 rings (SSSR count). The van der Waals surface area contributed by atoms with Crippen LogP contribution in [0.15, 0.2) is 29.2 Å². The van der Waals surface area contributed by atoms with Gasteiger partial charge in [0, 0.05) is 14.2 Å². The number of sulfone groups is 1. The minimum Gasteiger partial charge on any atom is -0.376 e. The summed E-state index contributed by atoms with van der Waals surface area (Å²) in [5.41, 5.74) is 0.566. The molecule has 1 atom stereocenters. The number of para-hydroxylation sites is 1. The lowest BCUT2D eigenvalue weighted by Crippen LogP contribution is -2.34. The van der Waals surface area contributed by atoms with Crippen LogP contribution in [0, 0.1) is 0 Å². The molecule has 0 aliphatic heterocycles. The van der Waals surface area contributed by atoms with E-state index in [2.05, 4.69) is 5.32 Å². The molecule has 0 fully saturated rings. The molecule has 0 amide bonds. The molecule has 19 heavy (non-hydrogen) atoms. The molecular formula is C13H21NO4S. The van der Waals surface area contributed by atoms with Crippen LogP contribution in [0.25, 0.3) is 0 Å². The highest BCUT2D eigenvalue weighted by molar-refractivity contribution is 7.91. The van der Waals surface area contributed by atoms with Crippen molar-refractivity contribution >= 4 is 15.5 Å². The van der Waals surface area contributed by atoms with Crippen LogP contribution in [0.4, 0.5) is 5.69 Å². The van der Waals surface area contributed by atoms with Gasteiger partial charge in [0.2, 0.25) is 0 Å². The average Bonchev–Trinajstić information content (AvgIpc) is 2.40. The Bertz CT molecular complexity index is 497. The van der Waals surface area contributed by atoms with Crippen LogP contribution in [0.3, 0.4) is 0 Å². The molecule has 0 aliphatic rings. The molecule has 0 bridgehead atoms. The molecule has 0 heterocycles. The van der Waals surface area contributed by atoms with Crippen molar-refractivity contribution in [3.05, 3.63) is 24.3 Å². The van der Waals surface area contributed by atoms with Crippen LogP contribution in [0.1, 0.15) is 13.8 Å². The number of ether oxygens (including phenoxy) is 2. The van der Waals surface area contributed by atoms with Gasteiger partial charge in [-0.05, 0) is 19.1 Å². The van der Waals surface area contributed by atoms with Gasteiger partial charge >= 0.3 is 0 Å². The fourth-order valence-electron chi connectivity index (χ4n) is 1.83. The maximum Gasteiger partial charge on any atom is 0.180 e. The summed E-state index contributed by atoms with van der Waals surface area (Å²) in [6.45, 7) is 3.50. The molecule has 5 nitrogen and oxygen atoms in total. The van der Waals surface area contributed by atoms with Gasteiger partial charge < -0.3 is 14.8 Å². The van der Waals surface area contributed by atoms with Crippen LogP contribution in [0.5, 0.6) is 0 Å². The molecular weight excluding hydrogens is 266 g/mol. The molecule has 6 heteroatoms. The molecule has 1 unspecified atom stereocenters. The molecule has 1 aromatic carbocycles. The van der Waals surface area contributed by atoms with E-state index in [1.807, 2.05) is 6.92 Å². The fourth-order valence-corrected chi connectivity index (χ4v) is 2.89. The zero-order valence-electron chi connectivity index (χ0n) is 11.7. The Morgan fingerprint density at radius 1 is 1.21 bits per heavy atom. The van der Waals surface area contributed by atoms with E-state index in [-0.39, 0.29) is 11.8 Å². The maximum absolute atomic E-state index is 12.0. The van der Waals surface area contributed by atoms with Gasteiger partial charge in [-0.25, -0.2) is 8.42 Å². The zero-order chi connectivity index (χ0) is 14.5. The third kappa shape index (κ3) is 3.92. The standard InChI is InChI=1S/C13H21NO4S/c1-5-19(15,16)12-9-7-6-8-11(12)14-10(2)13(17-3)18-4/h6-10,13-14H,5H2,1-4H3. The highest BCUT2D eigenvalue weighted by Crippen LogP contribution is 2.23. The third-order valence-corrected chi connectivity index (χ3v) is 4.64. The van der Waals surface area contributed by atoms with Gasteiger partial charge in [-0.15, -0.1) is 0 Å². The molecule has 0 aliphatic carbocycles. The SMILES string of the molecule is CCS(=O)(=O)c1ccccc1NC(C)C(OC)OC. The summed E-state index contributed by atoms with van der Waals surface area (Å²) in [6, 6.07) is 6.66. The predicted octanol–water partition coefficient (Wildman–Crippen LogP) is 1.90. The first-order valence-electron chi connectivity index (χ1n) is 6.10. The lowest BCUT2D eigenvalue weighted by molar-refractivity contribution is -0.109. The van der Waals surface area contributed by atoms with Crippen molar-refractivity contribution in [1.29, 1.82) is 0 Å². The smallest absolute Gasteiger partial charge is 0.180 e. The number of anilines is 1. The minimum absolute atomic E-state index is 0.0675. The van der Waals surface area contributed by atoms with E-state index >= 15 is 0 Å². The topological polar surface area (TPSA) is 64.6 Å². The molecule has 0 aromatic heterocycles. The van der Waals surface area contributed by atoms with E-state index in [4.69, 9.17) is 9.47 Å². The first kappa shape index (κ1) is 15.9. The van der Waals surface area contributed by atoms with Gasteiger partial charge in [0.25, 0.3) is 0 Å². The van der Waals surface area contributed by atoms with Gasteiger partial charge in [-0.3, -0.25) is 0 Å². The van der Waals surface area contributed by atoms with E-state index in [1.165, 1.54) is 0 Å². The van der Waals surface area contributed by atoms with Crippen molar-refractivity contribution in [2.75, 3.05) is 25.3 Å². The van der Waals surface area contributed by atoms with Gasteiger partial charge in [0.1, 0.15) is 0 Å². The van der Waals surface area contributed by atoms with Gasteiger partial charge in [0.15, 0.2) is 16.1 Å². The van der Waals surface area contributed by atoms with E-state index in [0.717, 1.165) is 0 Å². The quantitative estimate of drug-likeness (QED) is 0.776. The zero-order valence-corrected chi connectivity index (χ0v) is 12.5. The van der Waals surface area contributed by atoms with Crippen molar-refractivity contribution in [3.8, 4) is 0 Å². The molecule has 108 valence electrons. The van der Waals surface area contributed by atoms with E-state index in [9.17, 15) is 8.42 Å². The summed E-state index contributed by atoms with van der Waals surface area (Å²) in [5, 5.41) is 3.12. The Hall–Kier alpha value is -1.11. The summed E-state index contributed by atoms with van der Waals surface area (Å²) >= 11 is 0.